The summed E-state index contributed by atoms with van der Waals surface area (Å²) in [5.41, 5.74) is -3.05. The molecule has 2 rings (SSSR count). The summed E-state index contributed by atoms with van der Waals surface area (Å²) in [7, 11) is 0. The van der Waals surface area contributed by atoms with Gasteiger partial charge in [-0.2, -0.15) is 13.2 Å². The van der Waals surface area contributed by atoms with Crippen molar-refractivity contribution in [3.8, 4) is 0 Å². The number of aromatic amines is 1. The van der Waals surface area contributed by atoms with E-state index in [2.05, 4.69) is 14.8 Å². The van der Waals surface area contributed by atoms with Gasteiger partial charge in [-0.25, -0.2) is 14.3 Å². The van der Waals surface area contributed by atoms with E-state index in [1.54, 1.807) is 6.92 Å². The van der Waals surface area contributed by atoms with Crippen LogP contribution in [-0.4, -0.2) is 27.2 Å². The van der Waals surface area contributed by atoms with Crippen molar-refractivity contribution in [2.24, 2.45) is 0 Å². The molecule has 0 saturated carbocycles. The maximum atomic E-state index is 12.5. The molecular weight excluding hydrogens is 267 g/mol. The fourth-order valence-corrected chi connectivity index (χ4v) is 1.46. The minimum atomic E-state index is -4.67. The fraction of sp³-hybridized carbons (Fsp3) is 0.300. The first-order valence-corrected chi connectivity index (χ1v) is 5.19. The van der Waals surface area contributed by atoms with Crippen LogP contribution in [0.1, 0.15) is 23.0 Å². The van der Waals surface area contributed by atoms with E-state index < -0.39 is 34.5 Å². The fourth-order valence-electron chi connectivity index (χ4n) is 1.46. The van der Waals surface area contributed by atoms with Crippen LogP contribution in [-0.2, 0) is 10.9 Å². The molecule has 0 unspecified atom stereocenters. The normalized spacial score (nSPS) is 11.8. The Morgan fingerprint density at radius 2 is 2.21 bits per heavy atom. The number of hydrogen-bond acceptors (Lipinski definition) is 4. The molecule has 0 aliphatic rings. The first kappa shape index (κ1) is 13.1. The van der Waals surface area contributed by atoms with Crippen LogP contribution in [0.4, 0.5) is 13.2 Å². The van der Waals surface area contributed by atoms with E-state index in [-0.39, 0.29) is 6.61 Å². The number of imidazole rings is 1. The molecule has 0 aliphatic heterocycles. The molecule has 2 aromatic heterocycles. The summed E-state index contributed by atoms with van der Waals surface area (Å²) in [6.07, 6.45) is -3.06. The third-order valence-electron chi connectivity index (χ3n) is 2.29. The highest BCUT2D eigenvalue weighted by molar-refractivity contribution is 5.89. The van der Waals surface area contributed by atoms with Gasteiger partial charge in [0.1, 0.15) is 5.56 Å². The van der Waals surface area contributed by atoms with Gasteiger partial charge in [-0.05, 0) is 6.92 Å². The number of nitrogens with zero attached hydrogens (tertiary/aromatic N) is 2. The summed E-state index contributed by atoms with van der Waals surface area (Å²) in [5, 5.41) is 2.35. The second-order valence-corrected chi connectivity index (χ2v) is 3.55. The minimum Gasteiger partial charge on any atom is -0.462 e. The van der Waals surface area contributed by atoms with Crippen molar-refractivity contribution < 1.29 is 22.7 Å². The molecule has 0 bridgehead atoms. The van der Waals surface area contributed by atoms with Crippen molar-refractivity contribution in [2.75, 3.05) is 6.61 Å². The zero-order chi connectivity index (χ0) is 14.2. The van der Waals surface area contributed by atoms with Gasteiger partial charge in [0.05, 0.1) is 12.8 Å². The molecule has 0 fully saturated rings. The molecule has 1 N–H and O–H groups in total. The number of H-pyrrole nitrogens is 1. The zero-order valence-corrected chi connectivity index (χ0v) is 9.61. The standard InChI is InChI=1S/C10H8F3N3O3/c1-2-19-9(18)5-3-14-16-4-6(10(11,12)13)15-8(16)7(5)17/h3-4,14H,2H2,1H3. The molecule has 0 atom stereocenters. The monoisotopic (exact) mass is 275 g/mol. The Kier molecular flexibility index (Phi) is 3.05. The van der Waals surface area contributed by atoms with Crippen molar-refractivity contribution in [3.05, 3.63) is 33.9 Å². The summed E-state index contributed by atoms with van der Waals surface area (Å²) >= 11 is 0. The molecule has 0 radical (unpaired) electrons. The summed E-state index contributed by atoms with van der Waals surface area (Å²) in [5.74, 6) is -0.914. The molecule has 19 heavy (non-hydrogen) atoms. The highest BCUT2D eigenvalue weighted by Crippen LogP contribution is 2.27. The molecule has 0 saturated heterocycles. The third-order valence-corrected chi connectivity index (χ3v) is 2.29. The number of alkyl halides is 3. The lowest BCUT2D eigenvalue weighted by atomic mass is 10.3. The van der Waals surface area contributed by atoms with Crippen LogP contribution in [0.2, 0.25) is 0 Å². The van der Waals surface area contributed by atoms with Crippen LogP contribution in [0.5, 0.6) is 0 Å². The van der Waals surface area contributed by atoms with E-state index in [1.807, 2.05) is 0 Å². The molecule has 102 valence electrons. The summed E-state index contributed by atoms with van der Waals surface area (Å²) in [6, 6.07) is 0. The van der Waals surface area contributed by atoms with E-state index in [1.165, 1.54) is 0 Å². The summed E-state index contributed by atoms with van der Waals surface area (Å²) < 4.78 is 42.8. The number of carbonyl (C=O) groups is 1. The van der Waals surface area contributed by atoms with Gasteiger partial charge in [-0.15, -0.1) is 0 Å². The smallest absolute Gasteiger partial charge is 0.434 e. The van der Waals surface area contributed by atoms with Gasteiger partial charge in [0.25, 0.3) is 0 Å². The number of rotatable bonds is 2. The average Bonchev–Trinajstić information content (AvgIpc) is 2.74. The van der Waals surface area contributed by atoms with E-state index in [9.17, 15) is 22.8 Å². The number of esters is 1. The maximum Gasteiger partial charge on any atom is 0.434 e. The Hall–Kier alpha value is -2.32. The molecular formula is C10H8F3N3O3. The largest absolute Gasteiger partial charge is 0.462 e. The number of halogens is 3. The molecule has 0 spiro atoms. The van der Waals surface area contributed by atoms with Crippen molar-refractivity contribution in [2.45, 2.75) is 13.1 Å². The lowest BCUT2D eigenvalue weighted by Crippen LogP contribution is -2.20. The third kappa shape index (κ3) is 2.30. The van der Waals surface area contributed by atoms with Gasteiger partial charge in [0, 0.05) is 6.20 Å². The van der Waals surface area contributed by atoms with Crippen molar-refractivity contribution in [1.82, 2.24) is 14.6 Å². The van der Waals surface area contributed by atoms with E-state index in [0.29, 0.717) is 6.20 Å². The average molecular weight is 275 g/mol. The van der Waals surface area contributed by atoms with Crippen molar-refractivity contribution in [1.29, 1.82) is 0 Å². The predicted molar refractivity (Wildman–Crippen MR) is 56.8 cm³/mol. The van der Waals surface area contributed by atoms with Gasteiger partial charge in [-0.3, -0.25) is 9.89 Å². The van der Waals surface area contributed by atoms with Crippen LogP contribution in [0.15, 0.2) is 17.2 Å². The molecule has 0 aromatic carbocycles. The van der Waals surface area contributed by atoms with Crippen molar-refractivity contribution in [3.63, 3.8) is 0 Å². The quantitative estimate of drug-likeness (QED) is 0.836. The Labute approximate surface area is 103 Å². The van der Waals surface area contributed by atoms with Crippen LogP contribution in [0.25, 0.3) is 5.65 Å². The molecule has 0 amide bonds. The Balaban J connectivity index is 2.59. The number of carbonyl (C=O) groups excluding carboxylic acids is 1. The second kappa shape index (κ2) is 4.41. The predicted octanol–water partition coefficient (Wildman–Crippen LogP) is 1.22. The van der Waals surface area contributed by atoms with Crippen LogP contribution < -0.4 is 5.43 Å². The molecule has 0 aliphatic carbocycles. The molecule has 2 heterocycles. The van der Waals surface area contributed by atoms with E-state index >= 15 is 0 Å². The lowest BCUT2D eigenvalue weighted by molar-refractivity contribution is -0.140. The lowest BCUT2D eigenvalue weighted by Gasteiger charge is -2.00. The first-order chi connectivity index (χ1) is 8.84. The summed E-state index contributed by atoms with van der Waals surface area (Å²) in [4.78, 5) is 26.4. The Morgan fingerprint density at radius 3 is 2.79 bits per heavy atom. The van der Waals surface area contributed by atoms with Crippen molar-refractivity contribution >= 4 is 11.6 Å². The van der Waals surface area contributed by atoms with Gasteiger partial charge in [0.15, 0.2) is 5.69 Å². The van der Waals surface area contributed by atoms with E-state index in [4.69, 9.17) is 0 Å². The Bertz CT molecular complexity index is 687. The van der Waals surface area contributed by atoms with Gasteiger partial charge < -0.3 is 4.74 Å². The number of aromatic nitrogens is 3. The van der Waals surface area contributed by atoms with Gasteiger partial charge >= 0.3 is 12.1 Å². The Morgan fingerprint density at radius 1 is 1.53 bits per heavy atom. The van der Waals surface area contributed by atoms with Crippen LogP contribution >= 0.6 is 0 Å². The first-order valence-electron chi connectivity index (χ1n) is 5.19. The molecule has 9 heteroatoms. The van der Waals surface area contributed by atoms with Crippen LogP contribution in [0, 0.1) is 0 Å². The number of hydrogen-bond donors (Lipinski definition) is 1. The number of fused-ring (bicyclic) bond motifs is 1. The van der Waals surface area contributed by atoms with Gasteiger partial charge in [-0.1, -0.05) is 0 Å². The molecule has 2 aromatic rings. The van der Waals surface area contributed by atoms with Gasteiger partial charge in [0.2, 0.25) is 11.1 Å². The number of nitrogens with one attached hydrogen (secondary N) is 1. The highest BCUT2D eigenvalue weighted by Gasteiger charge is 2.34. The zero-order valence-electron chi connectivity index (χ0n) is 9.61. The topological polar surface area (TPSA) is 76.5 Å². The SMILES string of the molecule is CCOC(=O)c1c[nH]n2cc(C(F)(F)F)nc2c1=O. The highest BCUT2D eigenvalue weighted by atomic mass is 19.4. The van der Waals surface area contributed by atoms with E-state index in [0.717, 1.165) is 10.7 Å². The maximum absolute atomic E-state index is 12.5. The minimum absolute atomic E-state index is 0.0473. The summed E-state index contributed by atoms with van der Waals surface area (Å²) in [6.45, 7) is 1.59. The second-order valence-electron chi connectivity index (χ2n) is 3.55. The van der Waals surface area contributed by atoms with Crippen LogP contribution in [0.3, 0.4) is 0 Å². The molecule has 6 nitrogen and oxygen atoms in total. The number of ether oxygens (including phenoxy) is 1.